The lowest BCUT2D eigenvalue weighted by Gasteiger charge is -2.28. The molecule has 0 spiro atoms. The summed E-state index contributed by atoms with van der Waals surface area (Å²) in [6.07, 6.45) is 0.187. The lowest BCUT2D eigenvalue weighted by atomic mass is 9.84. The number of nitrogens with zero attached hydrogens (tertiary/aromatic N) is 1. The largest absolute Gasteiger partial charge is 0.497 e. The maximum absolute atomic E-state index is 13.7. The minimum absolute atomic E-state index is 0.0813. The summed E-state index contributed by atoms with van der Waals surface area (Å²) in [6.45, 7) is 3.70. The molecule has 2 aliphatic rings. The summed E-state index contributed by atoms with van der Waals surface area (Å²) >= 11 is 0. The molecular weight excluding hydrogens is 422 g/mol. The van der Waals surface area contributed by atoms with E-state index < -0.39 is 23.4 Å². The van der Waals surface area contributed by atoms with Gasteiger partial charge in [-0.1, -0.05) is 30.3 Å². The summed E-state index contributed by atoms with van der Waals surface area (Å²) in [4.78, 5) is 41.5. The Morgan fingerprint density at radius 3 is 2.12 bits per heavy atom. The van der Waals surface area contributed by atoms with Crippen molar-refractivity contribution in [1.29, 1.82) is 0 Å². The molecule has 0 bridgehead atoms. The van der Waals surface area contributed by atoms with Crippen molar-refractivity contribution < 1.29 is 28.6 Å². The van der Waals surface area contributed by atoms with Crippen LogP contribution >= 0.6 is 0 Å². The summed E-state index contributed by atoms with van der Waals surface area (Å²) in [7, 11) is 1.58. The molecule has 0 N–H and O–H groups in total. The molecule has 2 aromatic rings. The minimum Gasteiger partial charge on any atom is -0.497 e. The molecular formula is C26H27NO6. The van der Waals surface area contributed by atoms with Gasteiger partial charge in [-0.25, -0.2) is 0 Å². The monoisotopic (exact) mass is 449 g/mol. The number of esters is 2. The molecule has 0 saturated heterocycles. The Hall–Kier alpha value is -3.61. The van der Waals surface area contributed by atoms with E-state index in [0.717, 1.165) is 11.1 Å². The van der Waals surface area contributed by atoms with E-state index in [0.29, 0.717) is 17.0 Å². The molecule has 172 valence electrons. The predicted octanol–water partition coefficient (Wildman–Crippen LogP) is 3.77. The van der Waals surface area contributed by atoms with E-state index in [1.165, 1.54) is 0 Å². The van der Waals surface area contributed by atoms with Gasteiger partial charge in [0.15, 0.2) is 5.41 Å². The average molecular weight is 450 g/mol. The van der Waals surface area contributed by atoms with Gasteiger partial charge in [0.1, 0.15) is 5.75 Å². The molecule has 1 aliphatic carbocycles. The number of rotatable bonds is 7. The van der Waals surface area contributed by atoms with E-state index in [9.17, 15) is 14.4 Å². The SMILES string of the molecule is CCOC(=O)C1(C(=O)OCC)CC2=C(c3ccccc3)C(=O)N(c3ccc(OC)cc3)C2C1. The Bertz CT molecular complexity index is 1070. The molecule has 1 unspecified atom stereocenters. The molecule has 4 rings (SSSR count). The number of carbonyl (C=O) groups excluding carboxylic acids is 3. The van der Waals surface area contributed by atoms with Gasteiger partial charge in [0.25, 0.3) is 5.91 Å². The minimum atomic E-state index is -1.49. The summed E-state index contributed by atoms with van der Waals surface area (Å²) in [5, 5.41) is 0. The van der Waals surface area contributed by atoms with Crippen molar-refractivity contribution in [3.8, 4) is 5.75 Å². The van der Waals surface area contributed by atoms with Gasteiger partial charge in [-0.3, -0.25) is 14.4 Å². The number of methoxy groups -OCH3 is 1. The molecule has 7 nitrogen and oxygen atoms in total. The standard InChI is InChI=1S/C26H27NO6/c1-4-32-24(29)26(25(30)33-5-2)15-20-21(16-26)27(18-11-13-19(31-3)14-12-18)23(28)22(20)17-9-7-6-8-10-17/h6-14,21H,4-5,15-16H2,1-3H3. The predicted molar refractivity (Wildman–Crippen MR) is 123 cm³/mol. The van der Waals surface area contributed by atoms with Crippen molar-refractivity contribution in [3.05, 3.63) is 65.7 Å². The molecule has 1 fully saturated rings. The van der Waals surface area contributed by atoms with Crippen LogP contribution in [0.2, 0.25) is 0 Å². The van der Waals surface area contributed by atoms with Crippen molar-refractivity contribution in [2.24, 2.45) is 5.41 Å². The van der Waals surface area contributed by atoms with Crippen LogP contribution < -0.4 is 9.64 Å². The second kappa shape index (κ2) is 9.10. The molecule has 1 heterocycles. The zero-order chi connectivity index (χ0) is 23.6. The highest BCUT2D eigenvalue weighted by molar-refractivity contribution is 6.31. The summed E-state index contributed by atoms with van der Waals surface area (Å²) in [6, 6.07) is 16.0. The topological polar surface area (TPSA) is 82.1 Å². The molecule has 1 saturated carbocycles. The van der Waals surface area contributed by atoms with Gasteiger partial charge < -0.3 is 19.1 Å². The average Bonchev–Trinajstić information content (AvgIpc) is 3.33. The fraction of sp³-hybridized carbons (Fsp3) is 0.346. The molecule has 0 radical (unpaired) electrons. The molecule has 1 atom stereocenters. The van der Waals surface area contributed by atoms with Crippen molar-refractivity contribution in [2.45, 2.75) is 32.7 Å². The third-order valence-electron chi connectivity index (χ3n) is 6.25. The van der Waals surface area contributed by atoms with E-state index in [2.05, 4.69) is 0 Å². The Morgan fingerprint density at radius 1 is 0.970 bits per heavy atom. The van der Waals surface area contributed by atoms with Gasteiger partial charge in [0.05, 0.1) is 26.4 Å². The van der Waals surface area contributed by atoms with E-state index in [1.54, 1.807) is 50.1 Å². The fourth-order valence-corrected chi connectivity index (χ4v) is 4.76. The van der Waals surface area contributed by atoms with Crippen LogP contribution in [0.15, 0.2) is 60.2 Å². The zero-order valence-electron chi connectivity index (χ0n) is 19.0. The molecule has 0 aromatic heterocycles. The Labute approximate surface area is 192 Å². The van der Waals surface area contributed by atoms with Crippen LogP contribution in [0.5, 0.6) is 5.75 Å². The van der Waals surface area contributed by atoms with Gasteiger partial charge in [0, 0.05) is 11.3 Å². The molecule has 1 aliphatic heterocycles. The van der Waals surface area contributed by atoms with E-state index in [4.69, 9.17) is 14.2 Å². The van der Waals surface area contributed by atoms with Crippen LogP contribution in [-0.2, 0) is 23.9 Å². The number of benzene rings is 2. The third kappa shape index (κ3) is 3.77. The van der Waals surface area contributed by atoms with Crippen LogP contribution in [-0.4, -0.2) is 44.2 Å². The summed E-state index contributed by atoms with van der Waals surface area (Å²) in [5.41, 5.74) is 1.20. The van der Waals surface area contributed by atoms with Crippen molar-refractivity contribution >= 4 is 29.1 Å². The van der Waals surface area contributed by atoms with Crippen molar-refractivity contribution in [1.82, 2.24) is 0 Å². The number of hydrogen-bond acceptors (Lipinski definition) is 6. The van der Waals surface area contributed by atoms with Gasteiger partial charge in [-0.05, 0) is 62.1 Å². The van der Waals surface area contributed by atoms with Crippen LogP contribution in [0.4, 0.5) is 5.69 Å². The first-order chi connectivity index (χ1) is 16.0. The third-order valence-corrected chi connectivity index (χ3v) is 6.25. The van der Waals surface area contributed by atoms with Gasteiger partial charge in [-0.15, -0.1) is 0 Å². The lowest BCUT2D eigenvalue weighted by Crippen LogP contribution is -2.43. The highest BCUT2D eigenvalue weighted by Crippen LogP contribution is 2.53. The fourth-order valence-electron chi connectivity index (χ4n) is 4.76. The first kappa shape index (κ1) is 22.6. The van der Waals surface area contributed by atoms with Crippen molar-refractivity contribution in [3.63, 3.8) is 0 Å². The van der Waals surface area contributed by atoms with E-state index >= 15 is 0 Å². The first-order valence-electron chi connectivity index (χ1n) is 11.1. The Morgan fingerprint density at radius 2 is 1.58 bits per heavy atom. The van der Waals surface area contributed by atoms with E-state index in [1.807, 2.05) is 30.3 Å². The smallest absolute Gasteiger partial charge is 0.323 e. The second-order valence-electron chi connectivity index (χ2n) is 8.06. The zero-order valence-corrected chi connectivity index (χ0v) is 19.0. The quantitative estimate of drug-likeness (QED) is 0.473. The number of hydrogen-bond donors (Lipinski definition) is 0. The van der Waals surface area contributed by atoms with Crippen LogP contribution in [0.25, 0.3) is 5.57 Å². The molecule has 1 amide bonds. The molecule has 7 heteroatoms. The highest BCUT2D eigenvalue weighted by Gasteiger charge is 2.60. The maximum Gasteiger partial charge on any atom is 0.323 e. The molecule has 33 heavy (non-hydrogen) atoms. The molecule has 2 aromatic carbocycles. The van der Waals surface area contributed by atoms with Crippen LogP contribution in [0, 0.1) is 5.41 Å². The number of anilines is 1. The number of amides is 1. The van der Waals surface area contributed by atoms with Crippen LogP contribution in [0.3, 0.4) is 0 Å². The highest BCUT2D eigenvalue weighted by atomic mass is 16.6. The number of carbonyl (C=O) groups is 3. The summed E-state index contributed by atoms with van der Waals surface area (Å²) in [5.74, 6) is -0.715. The first-order valence-corrected chi connectivity index (χ1v) is 11.1. The van der Waals surface area contributed by atoms with E-state index in [-0.39, 0.29) is 32.0 Å². The van der Waals surface area contributed by atoms with Gasteiger partial charge >= 0.3 is 11.9 Å². The number of fused-ring (bicyclic) bond motifs is 1. The summed E-state index contributed by atoms with van der Waals surface area (Å²) < 4.78 is 15.9. The van der Waals surface area contributed by atoms with Crippen molar-refractivity contribution in [2.75, 3.05) is 25.2 Å². The Kier molecular flexibility index (Phi) is 6.22. The normalized spacial score (nSPS) is 18.8. The Balaban J connectivity index is 1.85. The second-order valence-corrected chi connectivity index (χ2v) is 8.06. The van der Waals surface area contributed by atoms with Gasteiger partial charge in [0.2, 0.25) is 0 Å². The van der Waals surface area contributed by atoms with Gasteiger partial charge in [-0.2, -0.15) is 0 Å². The number of ether oxygens (including phenoxy) is 3. The maximum atomic E-state index is 13.7. The lowest BCUT2D eigenvalue weighted by molar-refractivity contribution is -0.171. The van der Waals surface area contributed by atoms with Crippen LogP contribution in [0.1, 0.15) is 32.3 Å².